The standard InChI is InChI=1S/C18H22N2O/c1-12-8-13(2)10-15(9-12)11-14(3)20-18(21)16-6-4-5-7-17(16)19/h4-10,14H,11,19H2,1-3H3,(H,20,21). The second-order valence-corrected chi connectivity index (χ2v) is 5.66. The summed E-state index contributed by atoms with van der Waals surface area (Å²) in [6, 6.07) is 13.7. The fourth-order valence-corrected chi connectivity index (χ4v) is 2.60. The van der Waals surface area contributed by atoms with Crippen LogP contribution in [0.25, 0.3) is 0 Å². The van der Waals surface area contributed by atoms with Gasteiger partial charge in [-0.25, -0.2) is 0 Å². The van der Waals surface area contributed by atoms with E-state index < -0.39 is 0 Å². The number of nitrogen functional groups attached to an aromatic ring is 1. The summed E-state index contributed by atoms with van der Waals surface area (Å²) in [5, 5.41) is 3.01. The van der Waals surface area contributed by atoms with Crippen molar-refractivity contribution in [1.29, 1.82) is 0 Å². The number of anilines is 1. The van der Waals surface area contributed by atoms with Gasteiger partial charge in [-0.2, -0.15) is 0 Å². The molecule has 0 saturated carbocycles. The van der Waals surface area contributed by atoms with Crippen molar-refractivity contribution < 1.29 is 4.79 Å². The van der Waals surface area contributed by atoms with E-state index in [0.29, 0.717) is 11.3 Å². The van der Waals surface area contributed by atoms with Gasteiger partial charge in [-0.15, -0.1) is 0 Å². The number of carbonyl (C=O) groups excluding carboxylic acids is 1. The van der Waals surface area contributed by atoms with Crippen LogP contribution in [-0.2, 0) is 6.42 Å². The molecule has 0 bridgehead atoms. The Bertz CT molecular complexity index is 629. The molecule has 0 saturated heterocycles. The molecule has 3 heteroatoms. The normalized spacial score (nSPS) is 12.0. The highest BCUT2D eigenvalue weighted by Gasteiger charge is 2.12. The van der Waals surface area contributed by atoms with E-state index in [-0.39, 0.29) is 11.9 Å². The molecule has 2 aromatic carbocycles. The fourth-order valence-electron chi connectivity index (χ4n) is 2.60. The van der Waals surface area contributed by atoms with Crippen LogP contribution >= 0.6 is 0 Å². The molecule has 21 heavy (non-hydrogen) atoms. The summed E-state index contributed by atoms with van der Waals surface area (Å²) in [5.41, 5.74) is 10.6. The molecule has 1 amide bonds. The van der Waals surface area contributed by atoms with E-state index in [0.717, 1.165) is 6.42 Å². The first kappa shape index (κ1) is 15.1. The van der Waals surface area contributed by atoms with Crippen molar-refractivity contribution in [3.63, 3.8) is 0 Å². The number of carbonyl (C=O) groups is 1. The van der Waals surface area contributed by atoms with Gasteiger partial charge in [0.1, 0.15) is 0 Å². The Morgan fingerprint density at radius 2 is 1.76 bits per heavy atom. The summed E-state index contributed by atoms with van der Waals surface area (Å²) in [6.07, 6.45) is 0.807. The summed E-state index contributed by atoms with van der Waals surface area (Å²) in [7, 11) is 0. The smallest absolute Gasteiger partial charge is 0.253 e. The molecule has 3 nitrogen and oxygen atoms in total. The summed E-state index contributed by atoms with van der Waals surface area (Å²) in [5.74, 6) is -0.120. The van der Waals surface area contributed by atoms with E-state index in [2.05, 4.69) is 37.4 Å². The van der Waals surface area contributed by atoms with E-state index >= 15 is 0 Å². The molecule has 0 aliphatic heterocycles. The predicted octanol–water partition coefficient (Wildman–Crippen LogP) is 3.25. The highest BCUT2D eigenvalue weighted by molar-refractivity contribution is 5.99. The van der Waals surface area contributed by atoms with Gasteiger partial charge in [0.2, 0.25) is 0 Å². The zero-order chi connectivity index (χ0) is 15.4. The van der Waals surface area contributed by atoms with Gasteiger partial charge in [-0.05, 0) is 44.9 Å². The van der Waals surface area contributed by atoms with E-state index in [1.54, 1.807) is 12.1 Å². The van der Waals surface area contributed by atoms with Gasteiger partial charge in [-0.3, -0.25) is 4.79 Å². The van der Waals surface area contributed by atoms with Crippen LogP contribution in [-0.4, -0.2) is 11.9 Å². The van der Waals surface area contributed by atoms with Crippen LogP contribution in [0, 0.1) is 13.8 Å². The molecule has 1 atom stereocenters. The van der Waals surface area contributed by atoms with Crippen molar-refractivity contribution in [2.45, 2.75) is 33.2 Å². The Hall–Kier alpha value is -2.29. The largest absolute Gasteiger partial charge is 0.398 e. The second-order valence-electron chi connectivity index (χ2n) is 5.66. The molecule has 1 unspecified atom stereocenters. The van der Waals surface area contributed by atoms with Crippen LogP contribution in [0.15, 0.2) is 42.5 Å². The molecule has 3 N–H and O–H groups in total. The van der Waals surface area contributed by atoms with Crippen molar-refractivity contribution in [3.8, 4) is 0 Å². The van der Waals surface area contributed by atoms with Crippen LogP contribution in [0.1, 0.15) is 34.0 Å². The molecule has 2 aromatic rings. The summed E-state index contributed by atoms with van der Waals surface area (Å²) in [6.45, 7) is 6.18. The van der Waals surface area contributed by atoms with Crippen molar-refractivity contribution in [3.05, 3.63) is 64.7 Å². The van der Waals surface area contributed by atoms with Gasteiger partial charge in [-0.1, -0.05) is 41.5 Å². The van der Waals surface area contributed by atoms with Gasteiger partial charge < -0.3 is 11.1 Å². The molecule has 0 fully saturated rings. The summed E-state index contributed by atoms with van der Waals surface area (Å²) >= 11 is 0. The number of hydrogen-bond acceptors (Lipinski definition) is 2. The van der Waals surface area contributed by atoms with E-state index in [1.807, 2.05) is 19.1 Å². The van der Waals surface area contributed by atoms with Gasteiger partial charge in [0.05, 0.1) is 5.56 Å². The first-order chi connectivity index (χ1) is 9.95. The van der Waals surface area contributed by atoms with Crippen LogP contribution in [0.4, 0.5) is 5.69 Å². The first-order valence-corrected chi connectivity index (χ1v) is 7.18. The van der Waals surface area contributed by atoms with Crippen LogP contribution < -0.4 is 11.1 Å². The number of para-hydroxylation sites is 1. The zero-order valence-electron chi connectivity index (χ0n) is 12.8. The fraction of sp³-hybridized carbons (Fsp3) is 0.278. The van der Waals surface area contributed by atoms with Gasteiger partial charge in [0.15, 0.2) is 0 Å². The molecule has 110 valence electrons. The lowest BCUT2D eigenvalue weighted by atomic mass is 10.0. The molecule has 0 spiro atoms. The number of aryl methyl sites for hydroxylation is 2. The molecular formula is C18H22N2O. The zero-order valence-corrected chi connectivity index (χ0v) is 12.8. The highest BCUT2D eigenvalue weighted by Crippen LogP contribution is 2.13. The third kappa shape index (κ3) is 4.09. The average Bonchev–Trinajstić information content (AvgIpc) is 2.37. The third-order valence-corrected chi connectivity index (χ3v) is 3.41. The van der Waals surface area contributed by atoms with Crippen molar-refractivity contribution in [1.82, 2.24) is 5.32 Å². The lowest BCUT2D eigenvalue weighted by Gasteiger charge is -2.15. The summed E-state index contributed by atoms with van der Waals surface area (Å²) in [4.78, 5) is 12.2. The maximum absolute atomic E-state index is 12.2. The lowest BCUT2D eigenvalue weighted by Crippen LogP contribution is -2.34. The number of hydrogen-bond donors (Lipinski definition) is 2. The Kier molecular flexibility index (Phi) is 4.63. The van der Waals surface area contributed by atoms with E-state index in [9.17, 15) is 4.79 Å². The molecule has 2 rings (SSSR count). The maximum atomic E-state index is 12.2. The Morgan fingerprint density at radius 3 is 2.38 bits per heavy atom. The molecule has 0 aliphatic rings. The summed E-state index contributed by atoms with van der Waals surface area (Å²) < 4.78 is 0. The van der Waals surface area contributed by atoms with E-state index in [4.69, 9.17) is 5.73 Å². The minimum Gasteiger partial charge on any atom is -0.398 e. The van der Waals surface area contributed by atoms with Crippen molar-refractivity contribution >= 4 is 11.6 Å². The van der Waals surface area contributed by atoms with Gasteiger partial charge in [0.25, 0.3) is 5.91 Å². The second kappa shape index (κ2) is 6.44. The molecule has 0 aromatic heterocycles. The number of amides is 1. The Morgan fingerprint density at radius 1 is 1.14 bits per heavy atom. The number of rotatable bonds is 4. The average molecular weight is 282 g/mol. The molecule has 0 radical (unpaired) electrons. The van der Waals surface area contributed by atoms with Crippen LogP contribution in [0.2, 0.25) is 0 Å². The quantitative estimate of drug-likeness (QED) is 0.846. The minimum atomic E-state index is -0.120. The van der Waals surface area contributed by atoms with Crippen LogP contribution in [0.3, 0.4) is 0 Å². The third-order valence-electron chi connectivity index (χ3n) is 3.41. The number of benzene rings is 2. The van der Waals surface area contributed by atoms with Crippen molar-refractivity contribution in [2.75, 3.05) is 5.73 Å². The van der Waals surface area contributed by atoms with E-state index in [1.165, 1.54) is 16.7 Å². The van der Waals surface area contributed by atoms with Gasteiger partial charge >= 0.3 is 0 Å². The molecular weight excluding hydrogens is 260 g/mol. The monoisotopic (exact) mass is 282 g/mol. The van der Waals surface area contributed by atoms with Crippen LogP contribution in [0.5, 0.6) is 0 Å². The number of nitrogens with two attached hydrogens (primary N) is 1. The molecule has 0 heterocycles. The lowest BCUT2D eigenvalue weighted by molar-refractivity contribution is 0.0941. The molecule has 0 aliphatic carbocycles. The SMILES string of the molecule is Cc1cc(C)cc(CC(C)NC(=O)c2ccccc2N)c1. The Labute approximate surface area is 126 Å². The highest BCUT2D eigenvalue weighted by atomic mass is 16.1. The van der Waals surface area contributed by atoms with Gasteiger partial charge in [0, 0.05) is 11.7 Å². The number of nitrogens with one attached hydrogen (secondary N) is 1. The maximum Gasteiger partial charge on any atom is 0.253 e. The Balaban J connectivity index is 2.03. The minimum absolute atomic E-state index is 0.0540. The predicted molar refractivity (Wildman–Crippen MR) is 87.4 cm³/mol. The first-order valence-electron chi connectivity index (χ1n) is 7.18. The topological polar surface area (TPSA) is 55.1 Å². The van der Waals surface area contributed by atoms with Crippen molar-refractivity contribution in [2.24, 2.45) is 0 Å².